The Labute approximate surface area is 152 Å². The number of aromatic nitrogens is 5. The molecule has 0 fully saturated rings. The van der Waals surface area contributed by atoms with Crippen LogP contribution in [0.25, 0.3) is 10.2 Å². The minimum absolute atomic E-state index is 0.277. The van der Waals surface area contributed by atoms with E-state index in [1.807, 2.05) is 36.5 Å². The summed E-state index contributed by atoms with van der Waals surface area (Å²) >= 11 is 1.55. The molecule has 26 heavy (non-hydrogen) atoms. The Morgan fingerprint density at radius 1 is 1.19 bits per heavy atom. The molecule has 3 N–H and O–H groups in total. The molecule has 0 saturated heterocycles. The van der Waals surface area contributed by atoms with Crippen LogP contribution in [0.4, 0.5) is 17.6 Å². The van der Waals surface area contributed by atoms with Gasteiger partial charge in [-0.2, -0.15) is 9.97 Å². The zero-order valence-electron chi connectivity index (χ0n) is 13.6. The van der Waals surface area contributed by atoms with Crippen molar-refractivity contribution in [3.05, 3.63) is 64.3 Å². The topological polar surface area (TPSA) is 108 Å². The quantitative estimate of drug-likeness (QED) is 0.482. The van der Waals surface area contributed by atoms with Crippen LogP contribution in [-0.2, 0) is 6.42 Å². The van der Waals surface area contributed by atoms with Crippen LogP contribution in [-0.4, -0.2) is 31.5 Å². The molecule has 4 rings (SSSR count). The van der Waals surface area contributed by atoms with Crippen LogP contribution in [0.1, 0.15) is 5.56 Å². The van der Waals surface area contributed by atoms with Crippen LogP contribution in [0.5, 0.6) is 0 Å². The number of thiazole rings is 1. The summed E-state index contributed by atoms with van der Waals surface area (Å²) < 4.78 is 1.06. The Morgan fingerprint density at radius 2 is 2.15 bits per heavy atom. The maximum absolute atomic E-state index is 11.8. The molecule has 1 aromatic carbocycles. The third-order valence-corrected chi connectivity index (χ3v) is 4.46. The third-order valence-electron chi connectivity index (χ3n) is 3.66. The van der Waals surface area contributed by atoms with E-state index in [0.29, 0.717) is 12.5 Å². The Balaban J connectivity index is 1.46. The van der Waals surface area contributed by atoms with Crippen molar-refractivity contribution in [2.45, 2.75) is 6.42 Å². The van der Waals surface area contributed by atoms with Crippen LogP contribution < -0.4 is 16.3 Å². The van der Waals surface area contributed by atoms with E-state index in [2.05, 4.69) is 35.6 Å². The highest BCUT2D eigenvalue weighted by molar-refractivity contribution is 7.16. The number of H-pyrrole nitrogens is 1. The van der Waals surface area contributed by atoms with Gasteiger partial charge in [0.1, 0.15) is 0 Å². The van der Waals surface area contributed by atoms with E-state index >= 15 is 0 Å². The number of fused-ring (bicyclic) bond motifs is 1. The molecule has 3 aromatic heterocycles. The molecular weight excluding hydrogens is 350 g/mol. The number of aromatic amines is 1. The van der Waals surface area contributed by atoms with Crippen molar-refractivity contribution < 1.29 is 0 Å². The fourth-order valence-corrected chi connectivity index (χ4v) is 3.17. The minimum atomic E-state index is -0.467. The average Bonchev–Trinajstić information content (AvgIpc) is 3.10. The largest absolute Gasteiger partial charge is 0.354 e. The Hall–Kier alpha value is -3.33. The molecule has 0 amide bonds. The van der Waals surface area contributed by atoms with Crippen molar-refractivity contribution >= 4 is 39.1 Å². The molecule has 8 nitrogen and oxygen atoms in total. The van der Waals surface area contributed by atoms with E-state index in [-0.39, 0.29) is 5.95 Å². The lowest BCUT2D eigenvalue weighted by atomic mass is 10.2. The summed E-state index contributed by atoms with van der Waals surface area (Å²) in [5, 5.41) is 6.17. The smallest absolute Gasteiger partial charge is 0.351 e. The van der Waals surface area contributed by atoms with E-state index in [0.717, 1.165) is 27.9 Å². The standard InChI is InChI=1S/C17H15N7OS/c25-17-23-15(19-7-5-11-2-1-6-18-9-11)22-16(24-17)21-12-3-4-13-14(8-12)26-10-20-13/h1-4,6,8-10H,5,7H2,(H3,19,21,22,23,24,25). The van der Waals surface area contributed by atoms with Crippen molar-refractivity contribution in [2.75, 3.05) is 17.2 Å². The number of hydrogen-bond acceptors (Lipinski definition) is 8. The third kappa shape index (κ3) is 3.83. The normalized spacial score (nSPS) is 10.8. The van der Waals surface area contributed by atoms with Gasteiger partial charge < -0.3 is 10.6 Å². The van der Waals surface area contributed by atoms with Crippen molar-refractivity contribution in [3.8, 4) is 0 Å². The summed E-state index contributed by atoms with van der Waals surface area (Å²) in [6.45, 7) is 0.599. The predicted molar refractivity (Wildman–Crippen MR) is 102 cm³/mol. The Kier molecular flexibility index (Phi) is 4.52. The lowest BCUT2D eigenvalue weighted by molar-refractivity contribution is 0.938. The molecule has 0 atom stereocenters. The molecule has 0 radical (unpaired) electrons. The van der Waals surface area contributed by atoms with Crippen molar-refractivity contribution in [1.82, 2.24) is 24.9 Å². The number of nitrogens with one attached hydrogen (secondary N) is 3. The van der Waals surface area contributed by atoms with Gasteiger partial charge in [-0.1, -0.05) is 6.07 Å². The van der Waals surface area contributed by atoms with Crippen LogP contribution in [0.3, 0.4) is 0 Å². The van der Waals surface area contributed by atoms with Crippen molar-refractivity contribution in [3.63, 3.8) is 0 Å². The van der Waals surface area contributed by atoms with Gasteiger partial charge in [-0.15, -0.1) is 11.3 Å². The summed E-state index contributed by atoms with van der Waals surface area (Å²) in [4.78, 5) is 30.9. The summed E-state index contributed by atoms with van der Waals surface area (Å²) in [6.07, 6.45) is 4.30. The zero-order valence-corrected chi connectivity index (χ0v) is 14.5. The molecule has 130 valence electrons. The van der Waals surface area contributed by atoms with E-state index < -0.39 is 5.69 Å². The maximum atomic E-state index is 11.8. The number of benzene rings is 1. The molecule has 0 aliphatic carbocycles. The van der Waals surface area contributed by atoms with Gasteiger partial charge in [-0.05, 0) is 36.2 Å². The zero-order chi connectivity index (χ0) is 17.8. The number of nitrogens with zero attached hydrogens (tertiary/aromatic N) is 4. The van der Waals surface area contributed by atoms with Gasteiger partial charge in [0.2, 0.25) is 11.9 Å². The number of anilines is 3. The molecule has 3 heterocycles. The SMILES string of the molecule is O=c1nc(NCCc2cccnc2)nc(Nc2ccc3ncsc3c2)[nH]1. The molecule has 0 unspecified atom stereocenters. The highest BCUT2D eigenvalue weighted by Crippen LogP contribution is 2.23. The predicted octanol–water partition coefficient (Wildman–Crippen LogP) is 2.57. The van der Waals surface area contributed by atoms with Gasteiger partial charge in [0.25, 0.3) is 0 Å². The van der Waals surface area contributed by atoms with Crippen LogP contribution in [0, 0.1) is 0 Å². The minimum Gasteiger partial charge on any atom is -0.354 e. The summed E-state index contributed by atoms with van der Waals surface area (Å²) in [5.41, 5.74) is 4.18. The summed E-state index contributed by atoms with van der Waals surface area (Å²) in [5.74, 6) is 0.608. The van der Waals surface area contributed by atoms with Crippen LogP contribution in [0.15, 0.2) is 53.0 Å². The molecule has 0 saturated carbocycles. The second-order valence-corrected chi connectivity index (χ2v) is 6.41. The highest BCUT2D eigenvalue weighted by Gasteiger charge is 2.05. The molecule has 9 heteroatoms. The van der Waals surface area contributed by atoms with E-state index in [9.17, 15) is 4.79 Å². The first-order valence-corrected chi connectivity index (χ1v) is 8.86. The van der Waals surface area contributed by atoms with Crippen molar-refractivity contribution in [2.24, 2.45) is 0 Å². The first-order valence-electron chi connectivity index (χ1n) is 7.98. The van der Waals surface area contributed by atoms with Gasteiger partial charge >= 0.3 is 5.69 Å². The second kappa shape index (κ2) is 7.28. The number of pyridine rings is 1. The summed E-state index contributed by atoms with van der Waals surface area (Å²) in [6, 6.07) is 9.65. The maximum Gasteiger partial charge on any atom is 0.351 e. The first-order chi connectivity index (χ1) is 12.8. The van der Waals surface area contributed by atoms with Crippen LogP contribution >= 0.6 is 11.3 Å². The average molecular weight is 365 g/mol. The molecule has 0 spiro atoms. The molecule has 0 aliphatic heterocycles. The summed E-state index contributed by atoms with van der Waals surface area (Å²) in [7, 11) is 0. The van der Waals surface area contributed by atoms with Gasteiger partial charge in [0.15, 0.2) is 0 Å². The number of rotatable bonds is 6. The van der Waals surface area contributed by atoms with E-state index in [4.69, 9.17) is 0 Å². The first kappa shape index (κ1) is 16.2. The number of hydrogen-bond donors (Lipinski definition) is 3. The molecule has 4 aromatic rings. The van der Waals surface area contributed by atoms with Crippen LogP contribution in [0.2, 0.25) is 0 Å². The van der Waals surface area contributed by atoms with Gasteiger partial charge in [-0.3, -0.25) is 9.97 Å². The lowest BCUT2D eigenvalue weighted by Gasteiger charge is -2.08. The van der Waals surface area contributed by atoms with E-state index in [1.54, 1.807) is 23.0 Å². The fourth-order valence-electron chi connectivity index (χ4n) is 2.46. The molecule has 0 aliphatic rings. The molecule has 0 bridgehead atoms. The van der Waals surface area contributed by atoms with Gasteiger partial charge in [0.05, 0.1) is 15.7 Å². The lowest BCUT2D eigenvalue weighted by Crippen LogP contribution is -2.18. The monoisotopic (exact) mass is 365 g/mol. The van der Waals surface area contributed by atoms with E-state index in [1.165, 1.54) is 0 Å². The van der Waals surface area contributed by atoms with Crippen molar-refractivity contribution in [1.29, 1.82) is 0 Å². The second-order valence-electron chi connectivity index (χ2n) is 5.52. The van der Waals surface area contributed by atoms with Gasteiger partial charge in [0, 0.05) is 24.6 Å². The Bertz CT molecular complexity index is 1080. The fraction of sp³-hybridized carbons (Fsp3) is 0.118. The molecular formula is C17H15N7OS. The Morgan fingerprint density at radius 3 is 3.04 bits per heavy atom. The van der Waals surface area contributed by atoms with Gasteiger partial charge in [-0.25, -0.2) is 9.78 Å². The highest BCUT2D eigenvalue weighted by atomic mass is 32.1.